The molecule has 1 unspecified atom stereocenters. The third kappa shape index (κ3) is 3.45. The van der Waals surface area contributed by atoms with Crippen molar-refractivity contribution in [1.82, 2.24) is 19.4 Å². The average molecular weight is 334 g/mol. The first-order valence-corrected chi connectivity index (χ1v) is 8.85. The Morgan fingerprint density at radius 1 is 1.52 bits per heavy atom. The summed E-state index contributed by atoms with van der Waals surface area (Å²) in [6.07, 6.45) is 6.86. The molecule has 0 radical (unpaired) electrons. The predicted molar refractivity (Wildman–Crippen MR) is 88.6 cm³/mol. The number of hydrogen-bond acceptors (Lipinski definition) is 5. The molecule has 0 spiro atoms. The number of piperidine rings is 1. The third-order valence-corrected chi connectivity index (χ3v) is 5.00. The molecule has 124 valence electrons. The van der Waals surface area contributed by atoms with E-state index in [0.29, 0.717) is 18.3 Å². The van der Waals surface area contributed by atoms with Gasteiger partial charge in [0.15, 0.2) is 0 Å². The Balaban J connectivity index is 1.71. The van der Waals surface area contributed by atoms with E-state index < -0.39 is 0 Å². The molecular formula is C16H22N4O2S. The van der Waals surface area contributed by atoms with Crippen LogP contribution in [-0.2, 0) is 17.8 Å². The van der Waals surface area contributed by atoms with Crippen LogP contribution in [0.1, 0.15) is 47.1 Å². The summed E-state index contributed by atoms with van der Waals surface area (Å²) in [5, 5.41) is 2.67. The van der Waals surface area contributed by atoms with Gasteiger partial charge in [0.05, 0.1) is 12.6 Å². The van der Waals surface area contributed by atoms with Gasteiger partial charge in [0.25, 0.3) is 5.91 Å². The number of thiazole rings is 1. The van der Waals surface area contributed by atoms with Gasteiger partial charge in [-0.1, -0.05) is 6.92 Å². The van der Waals surface area contributed by atoms with Gasteiger partial charge >= 0.3 is 0 Å². The number of likely N-dealkylation sites (tertiary alicyclic amines) is 1. The van der Waals surface area contributed by atoms with Gasteiger partial charge in [0, 0.05) is 44.4 Å². The van der Waals surface area contributed by atoms with Crippen molar-refractivity contribution in [3.05, 3.63) is 34.3 Å². The number of carbonyl (C=O) groups excluding carboxylic acids is 1. The summed E-state index contributed by atoms with van der Waals surface area (Å²) in [6.45, 7) is 4.08. The summed E-state index contributed by atoms with van der Waals surface area (Å²) in [7, 11) is 1.63. The topological polar surface area (TPSA) is 60.2 Å². The highest BCUT2D eigenvalue weighted by atomic mass is 32.1. The van der Waals surface area contributed by atoms with Crippen LogP contribution in [0.15, 0.2) is 17.8 Å². The lowest BCUT2D eigenvalue weighted by atomic mass is 10.0. The van der Waals surface area contributed by atoms with Crippen LogP contribution >= 0.6 is 11.3 Å². The summed E-state index contributed by atoms with van der Waals surface area (Å²) in [5.74, 6) is 1.10. The average Bonchev–Trinajstić information content (AvgIpc) is 3.23. The fraction of sp³-hybridized carbons (Fsp3) is 0.562. The summed E-state index contributed by atoms with van der Waals surface area (Å²) < 4.78 is 7.29. The van der Waals surface area contributed by atoms with E-state index in [1.54, 1.807) is 7.11 Å². The van der Waals surface area contributed by atoms with Gasteiger partial charge in [0.2, 0.25) is 0 Å². The van der Waals surface area contributed by atoms with E-state index >= 15 is 0 Å². The molecule has 0 bridgehead atoms. The molecule has 1 atom stereocenters. The molecule has 2 aromatic rings. The van der Waals surface area contributed by atoms with Crippen molar-refractivity contribution in [3.8, 4) is 0 Å². The molecule has 0 saturated carbocycles. The van der Waals surface area contributed by atoms with Crippen molar-refractivity contribution in [1.29, 1.82) is 0 Å². The highest BCUT2D eigenvalue weighted by Gasteiger charge is 2.27. The number of hydrogen-bond donors (Lipinski definition) is 0. The fourth-order valence-corrected chi connectivity index (χ4v) is 3.82. The minimum atomic E-state index is 0.0199. The minimum Gasteiger partial charge on any atom is -0.378 e. The molecule has 1 fully saturated rings. The van der Waals surface area contributed by atoms with E-state index in [2.05, 4.69) is 21.5 Å². The summed E-state index contributed by atoms with van der Waals surface area (Å²) in [5.41, 5.74) is 0.532. The standard InChI is InChI=1S/C16H22N4O2S/c1-3-14-17-6-8-20(14)12-5-4-7-19(9-12)16(21)13-11-23-15(18-13)10-22-2/h6,8,11-12H,3-5,7,9-10H2,1-2H3. The number of amides is 1. The molecule has 7 heteroatoms. The van der Waals surface area contributed by atoms with E-state index in [1.165, 1.54) is 11.3 Å². The Morgan fingerprint density at radius 3 is 3.17 bits per heavy atom. The second kappa shape index (κ2) is 7.23. The summed E-state index contributed by atoms with van der Waals surface area (Å²) >= 11 is 1.47. The van der Waals surface area contributed by atoms with Crippen molar-refractivity contribution < 1.29 is 9.53 Å². The van der Waals surface area contributed by atoms with Gasteiger partial charge in [-0.3, -0.25) is 4.79 Å². The van der Waals surface area contributed by atoms with Crippen LogP contribution < -0.4 is 0 Å². The Hall–Kier alpha value is -1.73. The second-order valence-electron chi connectivity index (χ2n) is 5.71. The van der Waals surface area contributed by atoms with Crippen LogP contribution in [0.5, 0.6) is 0 Å². The van der Waals surface area contributed by atoms with Crippen LogP contribution in [0, 0.1) is 0 Å². The lowest BCUT2D eigenvalue weighted by Crippen LogP contribution is -2.41. The molecule has 0 aliphatic carbocycles. The van der Waals surface area contributed by atoms with Gasteiger partial charge in [0.1, 0.15) is 16.5 Å². The van der Waals surface area contributed by atoms with Gasteiger partial charge < -0.3 is 14.2 Å². The fourth-order valence-electron chi connectivity index (χ4n) is 3.08. The van der Waals surface area contributed by atoms with Gasteiger partial charge in [-0.2, -0.15) is 0 Å². The van der Waals surface area contributed by atoms with E-state index in [4.69, 9.17) is 4.74 Å². The normalized spacial score (nSPS) is 18.3. The van der Waals surface area contributed by atoms with E-state index in [-0.39, 0.29) is 5.91 Å². The molecule has 0 N–H and O–H groups in total. The minimum absolute atomic E-state index is 0.0199. The number of rotatable bonds is 5. The highest BCUT2D eigenvalue weighted by Crippen LogP contribution is 2.24. The molecule has 2 aromatic heterocycles. The van der Waals surface area contributed by atoms with Crippen LogP contribution in [0.25, 0.3) is 0 Å². The number of methoxy groups -OCH3 is 1. The zero-order valence-corrected chi connectivity index (χ0v) is 14.4. The maximum atomic E-state index is 12.7. The van der Waals surface area contributed by atoms with Crippen molar-refractivity contribution in [2.45, 2.75) is 38.8 Å². The zero-order valence-electron chi connectivity index (χ0n) is 13.6. The summed E-state index contributed by atoms with van der Waals surface area (Å²) in [4.78, 5) is 23.4. The largest absolute Gasteiger partial charge is 0.378 e. The van der Waals surface area contributed by atoms with Gasteiger partial charge in [-0.05, 0) is 12.8 Å². The molecule has 6 nitrogen and oxygen atoms in total. The molecular weight excluding hydrogens is 312 g/mol. The Bertz CT molecular complexity index is 667. The molecule has 1 aliphatic rings. The maximum absolute atomic E-state index is 12.7. The number of ether oxygens (including phenoxy) is 1. The van der Waals surface area contributed by atoms with Crippen molar-refractivity contribution >= 4 is 17.2 Å². The SMILES string of the molecule is CCc1nccn1C1CCCN(C(=O)c2csc(COC)n2)C1. The highest BCUT2D eigenvalue weighted by molar-refractivity contribution is 7.09. The first kappa shape index (κ1) is 16.1. The second-order valence-corrected chi connectivity index (χ2v) is 6.65. The first-order valence-electron chi connectivity index (χ1n) is 7.97. The molecule has 3 heterocycles. The predicted octanol–water partition coefficient (Wildman–Crippen LogP) is 2.53. The smallest absolute Gasteiger partial charge is 0.273 e. The van der Waals surface area contributed by atoms with Crippen molar-refractivity contribution in [3.63, 3.8) is 0 Å². The molecule has 23 heavy (non-hydrogen) atoms. The number of carbonyl (C=O) groups is 1. The Kier molecular flexibility index (Phi) is 5.07. The van der Waals surface area contributed by atoms with E-state index in [9.17, 15) is 4.79 Å². The van der Waals surface area contributed by atoms with Crippen molar-refractivity contribution in [2.24, 2.45) is 0 Å². The third-order valence-electron chi connectivity index (χ3n) is 4.18. The van der Waals surface area contributed by atoms with Gasteiger partial charge in [-0.15, -0.1) is 11.3 Å². The van der Waals surface area contributed by atoms with Crippen LogP contribution in [-0.4, -0.2) is 45.5 Å². The van der Waals surface area contributed by atoms with E-state index in [0.717, 1.165) is 43.2 Å². The first-order chi connectivity index (χ1) is 11.2. The lowest BCUT2D eigenvalue weighted by Gasteiger charge is -2.33. The Morgan fingerprint density at radius 2 is 2.39 bits per heavy atom. The molecule has 1 aliphatic heterocycles. The Labute approximate surface area is 140 Å². The number of aryl methyl sites for hydroxylation is 1. The monoisotopic (exact) mass is 334 g/mol. The molecule has 1 amide bonds. The van der Waals surface area contributed by atoms with E-state index in [1.807, 2.05) is 22.7 Å². The van der Waals surface area contributed by atoms with Crippen molar-refractivity contribution in [2.75, 3.05) is 20.2 Å². The van der Waals surface area contributed by atoms with Crippen LogP contribution in [0.3, 0.4) is 0 Å². The number of imidazole rings is 1. The quantitative estimate of drug-likeness (QED) is 0.843. The molecule has 0 aromatic carbocycles. The number of nitrogens with zero attached hydrogens (tertiary/aromatic N) is 4. The number of aromatic nitrogens is 3. The lowest BCUT2D eigenvalue weighted by molar-refractivity contribution is 0.0672. The van der Waals surface area contributed by atoms with Gasteiger partial charge in [-0.25, -0.2) is 9.97 Å². The zero-order chi connectivity index (χ0) is 16.2. The maximum Gasteiger partial charge on any atom is 0.273 e. The molecule has 3 rings (SSSR count). The van der Waals surface area contributed by atoms with Crippen LogP contribution in [0.4, 0.5) is 0 Å². The van der Waals surface area contributed by atoms with Crippen LogP contribution in [0.2, 0.25) is 0 Å². The molecule has 1 saturated heterocycles. The summed E-state index contributed by atoms with van der Waals surface area (Å²) in [6, 6.07) is 0.308.